The highest BCUT2D eigenvalue weighted by Gasteiger charge is 2.22. The van der Waals surface area contributed by atoms with E-state index in [1.165, 1.54) is 12.8 Å². The van der Waals surface area contributed by atoms with Crippen molar-refractivity contribution < 1.29 is 8.42 Å². The van der Waals surface area contributed by atoms with E-state index in [9.17, 15) is 8.42 Å². The fraction of sp³-hybridized carbons (Fsp3) is 0.357. The van der Waals surface area contributed by atoms with Crippen molar-refractivity contribution >= 4 is 10.0 Å². The van der Waals surface area contributed by atoms with Gasteiger partial charge in [-0.2, -0.15) is 5.10 Å². The van der Waals surface area contributed by atoms with Crippen LogP contribution in [0.2, 0.25) is 0 Å². The Morgan fingerprint density at radius 1 is 1.24 bits per heavy atom. The summed E-state index contributed by atoms with van der Waals surface area (Å²) in [5, 5.41) is 9.81. The molecule has 1 aromatic heterocycles. The Hall–Kier alpha value is -1.70. The second-order valence-electron chi connectivity index (χ2n) is 5.19. The second-order valence-corrected chi connectivity index (χ2v) is 6.93. The van der Waals surface area contributed by atoms with Crippen LogP contribution in [0.1, 0.15) is 24.0 Å². The van der Waals surface area contributed by atoms with Gasteiger partial charge in [-0.15, -0.1) is 0 Å². The summed E-state index contributed by atoms with van der Waals surface area (Å²) in [6, 6.07) is 7.63. The summed E-state index contributed by atoms with van der Waals surface area (Å²) in [6.45, 7) is 0.802. The summed E-state index contributed by atoms with van der Waals surface area (Å²) in [5.41, 5.74) is 1.59. The monoisotopic (exact) mass is 306 g/mol. The predicted molar refractivity (Wildman–Crippen MR) is 78.9 cm³/mol. The van der Waals surface area contributed by atoms with Crippen LogP contribution < -0.4 is 10.0 Å². The lowest BCUT2D eigenvalue weighted by Gasteiger charge is -2.11. The van der Waals surface area contributed by atoms with Crippen molar-refractivity contribution in [1.29, 1.82) is 0 Å². The smallest absolute Gasteiger partial charge is 0.241 e. The molecule has 1 heterocycles. The Morgan fingerprint density at radius 3 is 2.76 bits per heavy atom. The van der Waals surface area contributed by atoms with Gasteiger partial charge in [-0.25, -0.2) is 13.1 Å². The van der Waals surface area contributed by atoms with Gasteiger partial charge in [0, 0.05) is 30.9 Å². The van der Waals surface area contributed by atoms with Gasteiger partial charge in [0.1, 0.15) is 0 Å². The lowest BCUT2D eigenvalue weighted by atomic mass is 10.2. The number of rotatable bonds is 7. The van der Waals surface area contributed by atoms with Crippen LogP contribution in [-0.2, 0) is 23.1 Å². The van der Waals surface area contributed by atoms with Crippen molar-refractivity contribution in [1.82, 2.24) is 20.2 Å². The molecule has 1 fully saturated rings. The van der Waals surface area contributed by atoms with E-state index < -0.39 is 10.0 Å². The average Bonchev–Trinajstić information content (AvgIpc) is 3.17. The highest BCUT2D eigenvalue weighted by Crippen LogP contribution is 2.21. The number of nitrogens with zero attached hydrogens (tertiary/aromatic N) is 1. The third-order valence-corrected chi connectivity index (χ3v) is 4.94. The molecule has 0 bridgehead atoms. The highest BCUT2D eigenvalue weighted by molar-refractivity contribution is 7.89. The predicted octanol–water partition coefficient (Wildman–Crippen LogP) is 1.14. The summed E-state index contributed by atoms with van der Waals surface area (Å²) in [7, 11) is -3.53. The van der Waals surface area contributed by atoms with Crippen molar-refractivity contribution in [2.24, 2.45) is 0 Å². The van der Waals surface area contributed by atoms with E-state index in [1.54, 1.807) is 24.5 Å². The molecule has 6 nitrogen and oxygen atoms in total. The molecule has 3 rings (SSSR count). The maximum absolute atomic E-state index is 12.4. The van der Waals surface area contributed by atoms with Crippen LogP contribution in [0, 0.1) is 0 Å². The van der Waals surface area contributed by atoms with Crippen LogP contribution in [0.5, 0.6) is 0 Å². The molecule has 21 heavy (non-hydrogen) atoms. The standard InChI is InChI=1S/C14H18N4O2S/c19-21(20,18-9-11-7-16-17-8-11)14-4-2-1-3-12(14)10-15-13-5-6-13/h1-4,7-8,13,15,18H,5-6,9-10H2,(H,16,17). The first kappa shape index (κ1) is 14.2. The molecule has 0 unspecified atom stereocenters. The van der Waals surface area contributed by atoms with Crippen LogP contribution >= 0.6 is 0 Å². The molecule has 0 saturated heterocycles. The summed E-state index contributed by atoms with van der Waals surface area (Å²) >= 11 is 0. The van der Waals surface area contributed by atoms with E-state index in [4.69, 9.17) is 0 Å². The van der Waals surface area contributed by atoms with Crippen molar-refractivity contribution in [3.63, 3.8) is 0 Å². The number of nitrogens with one attached hydrogen (secondary N) is 3. The number of benzene rings is 1. The van der Waals surface area contributed by atoms with Gasteiger partial charge >= 0.3 is 0 Å². The summed E-state index contributed by atoms with van der Waals surface area (Å²) < 4.78 is 27.5. The van der Waals surface area contributed by atoms with Crippen LogP contribution in [0.25, 0.3) is 0 Å². The molecule has 0 atom stereocenters. The van der Waals surface area contributed by atoms with Gasteiger partial charge in [0.15, 0.2) is 0 Å². The number of aromatic nitrogens is 2. The van der Waals surface area contributed by atoms with Gasteiger partial charge in [0.25, 0.3) is 0 Å². The molecule has 1 aromatic carbocycles. The highest BCUT2D eigenvalue weighted by atomic mass is 32.2. The van der Waals surface area contributed by atoms with Crippen LogP contribution in [0.3, 0.4) is 0 Å². The molecule has 0 radical (unpaired) electrons. The van der Waals surface area contributed by atoms with E-state index in [0.717, 1.165) is 11.1 Å². The fourth-order valence-electron chi connectivity index (χ4n) is 2.08. The van der Waals surface area contributed by atoms with Crippen molar-refractivity contribution in [3.8, 4) is 0 Å². The Morgan fingerprint density at radius 2 is 2.05 bits per heavy atom. The Bertz CT molecular complexity index is 694. The van der Waals surface area contributed by atoms with Gasteiger partial charge in [0.05, 0.1) is 11.1 Å². The molecule has 0 aliphatic heterocycles. The Kier molecular flexibility index (Phi) is 4.05. The van der Waals surface area contributed by atoms with Crippen molar-refractivity contribution in [3.05, 3.63) is 47.8 Å². The lowest BCUT2D eigenvalue weighted by Crippen LogP contribution is -2.25. The van der Waals surface area contributed by atoms with E-state index in [2.05, 4.69) is 20.2 Å². The normalized spacial score (nSPS) is 15.2. The first-order valence-electron chi connectivity index (χ1n) is 6.94. The lowest BCUT2D eigenvalue weighted by molar-refractivity contribution is 0.578. The largest absolute Gasteiger partial charge is 0.310 e. The van der Waals surface area contributed by atoms with Crippen molar-refractivity contribution in [2.75, 3.05) is 0 Å². The molecular weight excluding hydrogens is 288 g/mol. The van der Waals surface area contributed by atoms with E-state index in [0.29, 0.717) is 17.5 Å². The molecular formula is C14H18N4O2S. The van der Waals surface area contributed by atoms with Gasteiger partial charge in [-0.1, -0.05) is 18.2 Å². The van der Waals surface area contributed by atoms with Crippen LogP contribution in [0.4, 0.5) is 0 Å². The first-order valence-corrected chi connectivity index (χ1v) is 8.42. The number of aromatic amines is 1. The minimum atomic E-state index is -3.53. The average molecular weight is 306 g/mol. The minimum absolute atomic E-state index is 0.225. The molecule has 2 aromatic rings. The molecule has 0 spiro atoms. The minimum Gasteiger partial charge on any atom is -0.310 e. The zero-order valence-electron chi connectivity index (χ0n) is 11.5. The zero-order valence-corrected chi connectivity index (χ0v) is 12.4. The van der Waals surface area contributed by atoms with Crippen LogP contribution in [-0.4, -0.2) is 24.7 Å². The third kappa shape index (κ3) is 3.69. The molecule has 7 heteroatoms. The SMILES string of the molecule is O=S(=O)(NCc1cn[nH]c1)c1ccccc1CNC1CC1. The second kappa shape index (κ2) is 5.97. The van der Waals surface area contributed by atoms with E-state index in [-0.39, 0.29) is 6.54 Å². The number of hydrogen-bond donors (Lipinski definition) is 3. The summed E-state index contributed by atoms with van der Waals surface area (Å²) in [4.78, 5) is 0.335. The van der Waals surface area contributed by atoms with Gasteiger partial charge in [0.2, 0.25) is 10.0 Å². The third-order valence-electron chi connectivity index (χ3n) is 3.44. The van der Waals surface area contributed by atoms with Gasteiger partial charge in [-0.3, -0.25) is 5.10 Å². The molecule has 0 amide bonds. The summed E-state index contributed by atoms with van der Waals surface area (Å²) in [6.07, 6.45) is 5.62. The van der Waals surface area contributed by atoms with Gasteiger partial charge < -0.3 is 5.32 Å². The quantitative estimate of drug-likeness (QED) is 0.716. The Balaban J connectivity index is 1.73. The molecule has 1 aliphatic carbocycles. The number of hydrogen-bond acceptors (Lipinski definition) is 4. The van der Waals surface area contributed by atoms with E-state index in [1.807, 2.05) is 12.1 Å². The molecule has 1 saturated carbocycles. The van der Waals surface area contributed by atoms with Gasteiger partial charge in [-0.05, 0) is 24.5 Å². The first-order chi connectivity index (χ1) is 10.1. The van der Waals surface area contributed by atoms with E-state index >= 15 is 0 Å². The summed E-state index contributed by atoms with van der Waals surface area (Å²) in [5.74, 6) is 0. The molecule has 3 N–H and O–H groups in total. The maximum Gasteiger partial charge on any atom is 0.241 e. The zero-order chi connectivity index (χ0) is 14.7. The fourth-order valence-corrected chi connectivity index (χ4v) is 3.34. The topological polar surface area (TPSA) is 86.9 Å². The molecule has 1 aliphatic rings. The number of H-pyrrole nitrogens is 1. The molecule has 112 valence electrons. The van der Waals surface area contributed by atoms with Crippen LogP contribution in [0.15, 0.2) is 41.6 Å². The maximum atomic E-state index is 12.4. The number of sulfonamides is 1. The Labute approximate surface area is 124 Å². The van der Waals surface area contributed by atoms with Crippen molar-refractivity contribution in [2.45, 2.75) is 36.9 Å².